The molecule has 1 aliphatic heterocycles. The molecular weight excluding hydrogens is 262 g/mol. The van der Waals surface area contributed by atoms with Crippen molar-refractivity contribution in [3.05, 3.63) is 36.0 Å². The van der Waals surface area contributed by atoms with Crippen molar-refractivity contribution in [2.45, 2.75) is 25.8 Å². The number of para-hydroxylation sites is 1. The first-order valence-corrected chi connectivity index (χ1v) is 7.51. The molecule has 1 fully saturated rings. The normalized spacial score (nSPS) is 19.1. The molecule has 0 bridgehead atoms. The van der Waals surface area contributed by atoms with E-state index < -0.39 is 0 Å². The van der Waals surface area contributed by atoms with Gasteiger partial charge in [0.25, 0.3) is 0 Å². The molecule has 4 nitrogen and oxygen atoms in total. The molecule has 1 aromatic carbocycles. The van der Waals surface area contributed by atoms with Crippen LogP contribution < -0.4 is 0 Å². The van der Waals surface area contributed by atoms with E-state index in [0.29, 0.717) is 6.42 Å². The first kappa shape index (κ1) is 14.1. The highest BCUT2D eigenvalue weighted by atomic mass is 16.2. The van der Waals surface area contributed by atoms with Crippen LogP contribution in [0.2, 0.25) is 0 Å². The Labute approximate surface area is 125 Å². The van der Waals surface area contributed by atoms with Gasteiger partial charge in [0.15, 0.2) is 0 Å². The van der Waals surface area contributed by atoms with Crippen molar-refractivity contribution in [1.82, 2.24) is 14.8 Å². The van der Waals surface area contributed by atoms with E-state index in [-0.39, 0.29) is 11.4 Å². The number of amides is 1. The Morgan fingerprint density at radius 1 is 1.29 bits per heavy atom. The SMILES string of the molecule is CN1CCN(C(=O)Cc2c[nH]c3ccccc23)CC1(C)C. The molecule has 1 aromatic heterocycles. The van der Waals surface area contributed by atoms with Gasteiger partial charge in [0.1, 0.15) is 0 Å². The first-order chi connectivity index (χ1) is 9.97. The molecule has 112 valence electrons. The molecular formula is C17H23N3O. The average molecular weight is 285 g/mol. The van der Waals surface area contributed by atoms with Crippen LogP contribution in [-0.2, 0) is 11.2 Å². The number of hydrogen-bond donors (Lipinski definition) is 1. The molecule has 2 aromatic rings. The van der Waals surface area contributed by atoms with Crippen LogP contribution in [0.5, 0.6) is 0 Å². The summed E-state index contributed by atoms with van der Waals surface area (Å²) in [4.78, 5) is 20.2. The third-order valence-corrected chi connectivity index (χ3v) is 4.69. The van der Waals surface area contributed by atoms with Crippen LogP contribution in [0.15, 0.2) is 30.5 Å². The van der Waals surface area contributed by atoms with Gasteiger partial charge in [-0.3, -0.25) is 9.69 Å². The number of hydrogen-bond acceptors (Lipinski definition) is 2. The third kappa shape index (κ3) is 2.68. The summed E-state index contributed by atoms with van der Waals surface area (Å²) in [5, 5.41) is 1.15. The lowest BCUT2D eigenvalue weighted by atomic mass is 9.99. The standard InChI is InChI=1S/C17H23N3O/c1-17(2)12-20(9-8-19(17)3)16(21)10-13-11-18-15-7-5-4-6-14(13)15/h4-7,11,18H,8-10,12H2,1-3H3. The van der Waals surface area contributed by atoms with E-state index in [4.69, 9.17) is 0 Å². The van der Waals surface area contributed by atoms with Crippen molar-refractivity contribution in [2.75, 3.05) is 26.7 Å². The number of fused-ring (bicyclic) bond motifs is 1. The van der Waals surface area contributed by atoms with Crippen LogP contribution in [0.3, 0.4) is 0 Å². The second-order valence-corrected chi connectivity index (χ2v) is 6.59. The number of benzene rings is 1. The number of nitrogens with zero attached hydrogens (tertiary/aromatic N) is 2. The number of carbonyl (C=O) groups is 1. The van der Waals surface area contributed by atoms with E-state index in [0.717, 1.165) is 36.1 Å². The summed E-state index contributed by atoms with van der Waals surface area (Å²) < 4.78 is 0. The Kier molecular flexibility index (Phi) is 3.49. The molecule has 0 aliphatic carbocycles. The van der Waals surface area contributed by atoms with Gasteiger partial charge in [0, 0.05) is 42.3 Å². The largest absolute Gasteiger partial charge is 0.361 e. The summed E-state index contributed by atoms with van der Waals surface area (Å²) in [7, 11) is 2.13. The smallest absolute Gasteiger partial charge is 0.227 e. The van der Waals surface area contributed by atoms with Gasteiger partial charge in [-0.1, -0.05) is 18.2 Å². The number of aromatic nitrogens is 1. The Bertz CT molecular complexity index is 659. The Morgan fingerprint density at radius 2 is 2.05 bits per heavy atom. The molecule has 1 N–H and O–H groups in total. The van der Waals surface area contributed by atoms with Gasteiger partial charge in [-0.2, -0.15) is 0 Å². The van der Waals surface area contributed by atoms with Crippen LogP contribution >= 0.6 is 0 Å². The Balaban J connectivity index is 1.75. The molecule has 0 saturated carbocycles. The van der Waals surface area contributed by atoms with Crippen molar-refractivity contribution in [3.63, 3.8) is 0 Å². The van der Waals surface area contributed by atoms with Gasteiger partial charge in [-0.05, 0) is 32.5 Å². The number of rotatable bonds is 2. The average Bonchev–Trinajstić information content (AvgIpc) is 2.85. The lowest BCUT2D eigenvalue weighted by Gasteiger charge is -2.45. The van der Waals surface area contributed by atoms with Crippen molar-refractivity contribution < 1.29 is 4.79 Å². The molecule has 0 radical (unpaired) electrons. The minimum atomic E-state index is 0.0497. The number of H-pyrrole nitrogens is 1. The molecule has 1 saturated heterocycles. The minimum absolute atomic E-state index is 0.0497. The highest BCUT2D eigenvalue weighted by molar-refractivity contribution is 5.88. The molecule has 1 aliphatic rings. The summed E-state index contributed by atoms with van der Waals surface area (Å²) in [6.45, 7) is 6.94. The number of aromatic amines is 1. The van der Waals surface area contributed by atoms with Gasteiger partial charge in [0.2, 0.25) is 5.91 Å². The van der Waals surface area contributed by atoms with Crippen molar-refractivity contribution in [1.29, 1.82) is 0 Å². The van der Waals surface area contributed by atoms with E-state index in [9.17, 15) is 4.79 Å². The predicted octanol–water partition coefficient (Wildman–Crippen LogP) is 2.26. The zero-order chi connectivity index (χ0) is 15.0. The summed E-state index contributed by atoms with van der Waals surface area (Å²) >= 11 is 0. The van der Waals surface area contributed by atoms with Crippen LogP contribution in [0.1, 0.15) is 19.4 Å². The predicted molar refractivity (Wildman–Crippen MR) is 85.3 cm³/mol. The van der Waals surface area contributed by atoms with Gasteiger partial charge in [-0.25, -0.2) is 0 Å². The fraction of sp³-hybridized carbons (Fsp3) is 0.471. The van der Waals surface area contributed by atoms with Crippen LogP contribution in [0.25, 0.3) is 10.9 Å². The van der Waals surface area contributed by atoms with E-state index in [2.05, 4.69) is 36.8 Å². The maximum Gasteiger partial charge on any atom is 0.227 e. The summed E-state index contributed by atoms with van der Waals surface area (Å²) in [6.07, 6.45) is 2.44. The van der Waals surface area contributed by atoms with Crippen molar-refractivity contribution >= 4 is 16.8 Å². The van der Waals surface area contributed by atoms with Gasteiger partial charge < -0.3 is 9.88 Å². The lowest BCUT2D eigenvalue weighted by Crippen LogP contribution is -2.59. The van der Waals surface area contributed by atoms with E-state index in [1.165, 1.54) is 0 Å². The monoisotopic (exact) mass is 285 g/mol. The van der Waals surface area contributed by atoms with Crippen LogP contribution in [-0.4, -0.2) is 52.9 Å². The molecule has 21 heavy (non-hydrogen) atoms. The molecule has 4 heteroatoms. The zero-order valence-corrected chi connectivity index (χ0v) is 13.0. The van der Waals surface area contributed by atoms with Crippen LogP contribution in [0.4, 0.5) is 0 Å². The highest BCUT2D eigenvalue weighted by Crippen LogP contribution is 2.22. The van der Waals surface area contributed by atoms with Crippen molar-refractivity contribution in [2.24, 2.45) is 0 Å². The molecule has 1 amide bonds. The van der Waals surface area contributed by atoms with E-state index in [1.54, 1.807) is 0 Å². The Hall–Kier alpha value is -1.81. The van der Waals surface area contributed by atoms with Gasteiger partial charge >= 0.3 is 0 Å². The second-order valence-electron chi connectivity index (χ2n) is 6.59. The third-order valence-electron chi connectivity index (χ3n) is 4.69. The first-order valence-electron chi connectivity index (χ1n) is 7.51. The zero-order valence-electron chi connectivity index (χ0n) is 13.0. The molecule has 0 unspecified atom stereocenters. The highest BCUT2D eigenvalue weighted by Gasteiger charge is 2.33. The Morgan fingerprint density at radius 3 is 2.81 bits per heavy atom. The summed E-state index contributed by atoms with van der Waals surface area (Å²) in [5.74, 6) is 0.223. The maximum absolute atomic E-state index is 12.6. The molecule has 3 rings (SSSR count). The van der Waals surface area contributed by atoms with Gasteiger partial charge in [0.05, 0.1) is 6.42 Å². The second kappa shape index (κ2) is 5.19. The number of carbonyl (C=O) groups excluding carboxylic acids is 1. The topological polar surface area (TPSA) is 39.3 Å². The number of nitrogens with one attached hydrogen (secondary N) is 1. The maximum atomic E-state index is 12.6. The quantitative estimate of drug-likeness (QED) is 0.919. The molecule has 0 atom stereocenters. The van der Waals surface area contributed by atoms with E-state index in [1.807, 2.05) is 29.3 Å². The summed E-state index contributed by atoms with van der Waals surface area (Å²) in [6, 6.07) is 8.14. The summed E-state index contributed by atoms with van der Waals surface area (Å²) in [5.41, 5.74) is 2.24. The van der Waals surface area contributed by atoms with E-state index >= 15 is 0 Å². The fourth-order valence-electron chi connectivity index (χ4n) is 3.01. The van der Waals surface area contributed by atoms with Crippen molar-refractivity contribution in [3.8, 4) is 0 Å². The lowest BCUT2D eigenvalue weighted by molar-refractivity contribution is -0.134. The fourth-order valence-corrected chi connectivity index (χ4v) is 3.01. The van der Waals surface area contributed by atoms with Crippen LogP contribution in [0, 0.1) is 0 Å². The molecule has 2 heterocycles. The number of piperazine rings is 1. The minimum Gasteiger partial charge on any atom is -0.361 e. The molecule has 0 spiro atoms. The number of likely N-dealkylation sites (N-methyl/N-ethyl adjacent to an activating group) is 1. The van der Waals surface area contributed by atoms with Gasteiger partial charge in [-0.15, -0.1) is 0 Å².